The average molecular weight is 328 g/mol. The molecule has 1 saturated carbocycles. The van der Waals surface area contributed by atoms with Crippen LogP contribution < -0.4 is 5.73 Å². The minimum Gasteiger partial charge on any atom is -0.325 e. The highest BCUT2D eigenvalue weighted by Gasteiger charge is 2.41. The highest BCUT2D eigenvalue weighted by molar-refractivity contribution is 9.10. The maximum absolute atomic E-state index is 6.74. The van der Waals surface area contributed by atoms with Crippen molar-refractivity contribution < 1.29 is 0 Å². The fourth-order valence-corrected chi connectivity index (χ4v) is 4.62. The maximum Gasteiger partial charge on any atom is 0.0738 e. The second-order valence-electron chi connectivity index (χ2n) is 7.36. The van der Waals surface area contributed by atoms with E-state index in [1.165, 1.54) is 12.1 Å². The third kappa shape index (κ3) is 3.22. The lowest BCUT2D eigenvalue weighted by atomic mass is 9.63. The summed E-state index contributed by atoms with van der Waals surface area (Å²) in [6, 6.07) is 0. The van der Waals surface area contributed by atoms with Crippen molar-refractivity contribution in [1.82, 2.24) is 9.78 Å². The molecule has 19 heavy (non-hydrogen) atoms. The summed E-state index contributed by atoms with van der Waals surface area (Å²) in [5, 5.41) is 4.48. The molecular weight excluding hydrogens is 302 g/mol. The first kappa shape index (κ1) is 15.0. The van der Waals surface area contributed by atoms with Gasteiger partial charge >= 0.3 is 0 Å². The fraction of sp³-hybridized carbons (Fsp3) is 0.800. The topological polar surface area (TPSA) is 43.8 Å². The molecule has 1 aliphatic rings. The van der Waals surface area contributed by atoms with Gasteiger partial charge in [0, 0.05) is 19.0 Å². The molecule has 2 atom stereocenters. The lowest BCUT2D eigenvalue weighted by Crippen LogP contribution is -2.51. The minimum atomic E-state index is -0.107. The molecule has 0 bridgehead atoms. The second kappa shape index (κ2) is 4.88. The van der Waals surface area contributed by atoms with Crippen molar-refractivity contribution in [2.24, 2.45) is 24.1 Å². The molecule has 1 fully saturated rings. The molecule has 4 heteroatoms. The van der Waals surface area contributed by atoms with Crippen molar-refractivity contribution in [3.05, 3.63) is 15.9 Å². The summed E-state index contributed by atoms with van der Waals surface area (Å²) in [6.07, 6.45) is 4.37. The van der Waals surface area contributed by atoms with Gasteiger partial charge in [-0.2, -0.15) is 5.10 Å². The lowest BCUT2D eigenvalue weighted by molar-refractivity contribution is 0.107. The van der Waals surface area contributed by atoms with E-state index in [0.29, 0.717) is 11.3 Å². The predicted octanol–water partition coefficient (Wildman–Crippen LogP) is 3.58. The molecule has 2 N–H and O–H groups in total. The molecular formula is C15H26BrN3. The molecule has 0 spiro atoms. The van der Waals surface area contributed by atoms with Crippen molar-refractivity contribution in [2.45, 2.75) is 58.9 Å². The molecule has 0 saturated heterocycles. The monoisotopic (exact) mass is 327 g/mol. The molecule has 1 heterocycles. The maximum atomic E-state index is 6.74. The van der Waals surface area contributed by atoms with Gasteiger partial charge in [0.25, 0.3) is 0 Å². The Morgan fingerprint density at radius 2 is 2.05 bits per heavy atom. The molecule has 2 rings (SSSR count). The van der Waals surface area contributed by atoms with Gasteiger partial charge in [-0.15, -0.1) is 0 Å². The van der Waals surface area contributed by atoms with Crippen LogP contribution in [0.5, 0.6) is 0 Å². The van der Waals surface area contributed by atoms with Gasteiger partial charge in [0.2, 0.25) is 0 Å². The quantitative estimate of drug-likeness (QED) is 0.902. The molecule has 0 aromatic carbocycles. The molecule has 108 valence electrons. The van der Waals surface area contributed by atoms with E-state index in [2.05, 4.69) is 41.8 Å². The van der Waals surface area contributed by atoms with Crippen LogP contribution in [0.15, 0.2) is 4.47 Å². The molecule has 0 aliphatic heterocycles. The number of aromatic nitrogens is 2. The highest BCUT2D eigenvalue weighted by Crippen LogP contribution is 2.44. The Bertz CT molecular complexity index is 478. The summed E-state index contributed by atoms with van der Waals surface area (Å²) in [7, 11) is 2.01. The van der Waals surface area contributed by atoms with Gasteiger partial charge in [-0.25, -0.2) is 0 Å². The molecule has 2 unspecified atom stereocenters. The van der Waals surface area contributed by atoms with Crippen molar-refractivity contribution >= 4 is 15.9 Å². The average Bonchev–Trinajstić information content (AvgIpc) is 2.41. The van der Waals surface area contributed by atoms with Gasteiger partial charge in [0.05, 0.1) is 15.9 Å². The Morgan fingerprint density at radius 1 is 1.42 bits per heavy atom. The van der Waals surface area contributed by atoms with Gasteiger partial charge in [-0.3, -0.25) is 4.68 Å². The normalized spacial score (nSPS) is 30.6. The third-order valence-electron chi connectivity index (χ3n) is 4.27. The van der Waals surface area contributed by atoms with Crippen LogP contribution in [0.25, 0.3) is 0 Å². The van der Waals surface area contributed by atoms with Crippen LogP contribution in [-0.4, -0.2) is 15.3 Å². The van der Waals surface area contributed by atoms with Crippen LogP contribution in [0.1, 0.15) is 51.4 Å². The van der Waals surface area contributed by atoms with Gasteiger partial charge in [0.1, 0.15) is 0 Å². The van der Waals surface area contributed by atoms with Crippen LogP contribution in [0, 0.1) is 18.3 Å². The van der Waals surface area contributed by atoms with E-state index in [4.69, 9.17) is 5.73 Å². The van der Waals surface area contributed by atoms with Crippen molar-refractivity contribution in [1.29, 1.82) is 0 Å². The fourth-order valence-electron chi connectivity index (χ4n) is 4.15. The number of nitrogens with two attached hydrogens (primary N) is 1. The summed E-state index contributed by atoms with van der Waals surface area (Å²) in [6.45, 7) is 9.04. The molecule has 1 aromatic heterocycles. The van der Waals surface area contributed by atoms with Crippen LogP contribution in [0.3, 0.4) is 0 Å². The molecule has 1 aromatic rings. The molecule has 0 radical (unpaired) electrons. The second-order valence-corrected chi connectivity index (χ2v) is 8.16. The van der Waals surface area contributed by atoms with Crippen LogP contribution in [0.4, 0.5) is 0 Å². The molecule has 0 amide bonds. The van der Waals surface area contributed by atoms with E-state index < -0.39 is 0 Å². The molecule has 1 aliphatic carbocycles. The number of hydrogen-bond acceptors (Lipinski definition) is 2. The van der Waals surface area contributed by atoms with Crippen LogP contribution in [0.2, 0.25) is 0 Å². The smallest absolute Gasteiger partial charge is 0.0738 e. The first-order chi connectivity index (χ1) is 8.62. The van der Waals surface area contributed by atoms with Gasteiger partial charge < -0.3 is 5.73 Å². The van der Waals surface area contributed by atoms with Crippen molar-refractivity contribution in [3.8, 4) is 0 Å². The van der Waals surface area contributed by atoms with E-state index >= 15 is 0 Å². The SMILES string of the molecule is Cc1nn(C)c(CC2(N)CC(C)CC(C)(C)C2)c1Br. The van der Waals surface area contributed by atoms with Crippen molar-refractivity contribution in [3.63, 3.8) is 0 Å². The highest BCUT2D eigenvalue weighted by atomic mass is 79.9. The van der Waals surface area contributed by atoms with Crippen molar-refractivity contribution in [2.75, 3.05) is 0 Å². The van der Waals surface area contributed by atoms with E-state index in [1.54, 1.807) is 0 Å². The van der Waals surface area contributed by atoms with E-state index in [1.807, 2.05) is 18.7 Å². The number of hydrogen-bond donors (Lipinski definition) is 1. The van der Waals surface area contributed by atoms with E-state index in [-0.39, 0.29) is 5.54 Å². The number of nitrogens with zero attached hydrogens (tertiary/aromatic N) is 2. The van der Waals surface area contributed by atoms with Gasteiger partial charge in [-0.1, -0.05) is 20.8 Å². The van der Waals surface area contributed by atoms with Gasteiger partial charge in [0.15, 0.2) is 0 Å². The summed E-state index contributed by atoms with van der Waals surface area (Å²) >= 11 is 3.66. The van der Waals surface area contributed by atoms with Crippen LogP contribution >= 0.6 is 15.9 Å². The van der Waals surface area contributed by atoms with E-state index in [0.717, 1.165) is 29.4 Å². The Hall–Kier alpha value is -0.350. The Morgan fingerprint density at radius 3 is 2.53 bits per heavy atom. The Labute approximate surface area is 125 Å². The first-order valence-corrected chi connectivity index (χ1v) is 7.88. The number of halogens is 1. The largest absolute Gasteiger partial charge is 0.325 e. The summed E-state index contributed by atoms with van der Waals surface area (Å²) < 4.78 is 3.09. The zero-order chi connectivity index (χ0) is 14.4. The summed E-state index contributed by atoms with van der Waals surface area (Å²) in [5.41, 5.74) is 9.25. The number of aryl methyl sites for hydroxylation is 2. The Kier molecular flexibility index (Phi) is 3.87. The lowest BCUT2D eigenvalue weighted by Gasteiger charge is -2.45. The summed E-state index contributed by atoms with van der Waals surface area (Å²) in [4.78, 5) is 0. The third-order valence-corrected chi connectivity index (χ3v) is 5.30. The zero-order valence-corrected chi connectivity index (χ0v) is 14.3. The predicted molar refractivity (Wildman–Crippen MR) is 83.1 cm³/mol. The standard InChI is InChI=1S/C15H26BrN3/c1-10-6-14(3,4)9-15(17,7-10)8-12-13(16)11(2)18-19(12)5/h10H,6-9,17H2,1-5H3. The number of rotatable bonds is 2. The minimum absolute atomic E-state index is 0.107. The van der Waals surface area contributed by atoms with Gasteiger partial charge in [-0.05, 0) is 53.4 Å². The van der Waals surface area contributed by atoms with E-state index in [9.17, 15) is 0 Å². The first-order valence-electron chi connectivity index (χ1n) is 7.09. The summed E-state index contributed by atoms with van der Waals surface area (Å²) in [5.74, 6) is 0.696. The molecule has 3 nitrogen and oxygen atoms in total. The zero-order valence-electron chi connectivity index (χ0n) is 12.8. The Balaban J connectivity index is 2.26. The van der Waals surface area contributed by atoms with Crippen LogP contribution in [-0.2, 0) is 13.5 Å².